The summed E-state index contributed by atoms with van der Waals surface area (Å²) < 4.78 is 25.2. The molecule has 19 heavy (non-hydrogen) atoms. The zero-order chi connectivity index (χ0) is 14.3. The minimum absolute atomic E-state index is 0.192. The number of carbonyl (C=O) groups is 1. The van der Waals surface area contributed by atoms with E-state index in [1.54, 1.807) is 0 Å². The van der Waals surface area contributed by atoms with E-state index < -0.39 is 28.2 Å². The van der Waals surface area contributed by atoms with E-state index in [0.29, 0.717) is 6.42 Å². The molecule has 0 spiro atoms. The highest BCUT2D eigenvalue weighted by Crippen LogP contribution is 2.12. The van der Waals surface area contributed by atoms with Gasteiger partial charge in [0.1, 0.15) is 0 Å². The monoisotopic (exact) mass is 286 g/mol. The molecule has 0 aliphatic heterocycles. The van der Waals surface area contributed by atoms with Gasteiger partial charge in [-0.05, 0) is 12.0 Å². The van der Waals surface area contributed by atoms with Crippen molar-refractivity contribution < 1.29 is 18.3 Å². The number of nitrogens with one attached hydrogen (secondary N) is 1. The summed E-state index contributed by atoms with van der Waals surface area (Å²) in [4.78, 5) is 10.3. The molecule has 1 rings (SSSR count). The Bertz CT molecular complexity index is 502. The van der Waals surface area contributed by atoms with E-state index in [1.165, 1.54) is 0 Å². The van der Waals surface area contributed by atoms with Crippen LogP contribution in [-0.2, 0) is 14.8 Å². The van der Waals surface area contributed by atoms with Crippen LogP contribution in [0.25, 0.3) is 0 Å². The van der Waals surface area contributed by atoms with Crippen molar-refractivity contribution in [2.75, 3.05) is 12.3 Å². The van der Waals surface area contributed by atoms with E-state index in [4.69, 9.17) is 10.8 Å². The Morgan fingerprint density at radius 2 is 1.95 bits per heavy atom. The van der Waals surface area contributed by atoms with Crippen molar-refractivity contribution in [1.29, 1.82) is 0 Å². The molecular formula is C12H18N2O4S. The van der Waals surface area contributed by atoms with Gasteiger partial charge in [0.15, 0.2) is 0 Å². The van der Waals surface area contributed by atoms with Crippen molar-refractivity contribution in [3.8, 4) is 0 Å². The molecule has 0 amide bonds. The number of rotatable bonds is 8. The average Bonchev–Trinajstić information content (AvgIpc) is 2.37. The fourth-order valence-electron chi connectivity index (χ4n) is 1.53. The highest BCUT2D eigenvalue weighted by Gasteiger charge is 2.13. The van der Waals surface area contributed by atoms with E-state index in [2.05, 4.69) is 4.72 Å². The van der Waals surface area contributed by atoms with Crippen LogP contribution < -0.4 is 10.5 Å². The molecule has 1 unspecified atom stereocenters. The van der Waals surface area contributed by atoms with Crippen LogP contribution in [-0.4, -0.2) is 31.8 Å². The maximum atomic E-state index is 11.4. The predicted octanol–water partition coefficient (Wildman–Crippen LogP) is 0.471. The number of aliphatic carboxylic acids is 1. The third kappa shape index (κ3) is 6.32. The first kappa shape index (κ1) is 15.6. The Morgan fingerprint density at radius 3 is 2.53 bits per heavy atom. The van der Waals surface area contributed by atoms with Gasteiger partial charge in [-0.2, -0.15) is 0 Å². The summed E-state index contributed by atoms with van der Waals surface area (Å²) >= 11 is 0. The lowest BCUT2D eigenvalue weighted by molar-refractivity contribution is -0.136. The second-order valence-electron chi connectivity index (χ2n) is 4.16. The lowest BCUT2D eigenvalue weighted by Crippen LogP contribution is -2.30. The number of benzene rings is 1. The summed E-state index contributed by atoms with van der Waals surface area (Å²) in [6, 6.07) is 9.12. The third-order valence-corrected chi connectivity index (χ3v) is 3.98. The van der Waals surface area contributed by atoms with Crippen molar-refractivity contribution in [3.05, 3.63) is 35.9 Å². The minimum atomic E-state index is -3.54. The summed E-state index contributed by atoms with van der Waals surface area (Å²) in [6.07, 6.45) is 0.0520. The summed E-state index contributed by atoms with van der Waals surface area (Å²) in [6.45, 7) is 0.192. The van der Waals surface area contributed by atoms with Crippen LogP contribution >= 0.6 is 0 Å². The molecule has 0 aromatic heterocycles. The van der Waals surface area contributed by atoms with Crippen molar-refractivity contribution in [3.63, 3.8) is 0 Å². The van der Waals surface area contributed by atoms with Gasteiger partial charge in [0.05, 0.1) is 12.2 Å². The molecule has 0 saturated carbocycles. The Hall–Kier alpha value is -1.44. The standard InChI is InChI=1S/C12H18N2O4S/c13-11(10-4-2-1-3-5-10)6-8-14-19(17,18)9-7-12(15)16/h1-5,11,14H,6-9,13H2,(H,15,16). The van der Waals surface area contributed by atoms with Gasteiger partial charge >= 0.3 is 5.97 Å². The molecule has 106 valence electrons. The zero-order valence-electron chi connectivity index (χ0n) is 10.5. The smallest absolute Gasteiger partial charge is 0.304 e. The average molecular weight is 286 g/mol. The van der Waals surface area contributed by atoms with Crippen LogP contribution in [0, 0.1) is 0 Å². The zero-order valence-corrected chi connectivity index (χ0v) is 11.3. The molecule has 0 radical (unpaired) electrons. The Balaban J connectivity index is 2.36. The van der Waals surface area contributed by atoms with E-state index in [1.807, 2.05) is 30.3 Å². The van der Waals surface area contributed by atoms with Crippen molar-refractivity contribution in [2.24, 2.45) is 5.73 Å². The fraction of sp³-hybridized carbons (Fsp3) is 0.417. The molecular weight excluding hydrogens is 268 g/mol. The summed E-state index contributed by atoms with van der Waals surface area (Å²) in [5.74, 6) is -1.55. The van der Waals surface area contributed by atoms with Crippen LogP contribution in [0.4, 0.5) is 0 Å². The van der Waals surface area contributed by atoms with Crippen molar-refractivity contribution in [2.45, 2.75) is 18.9 Å². The van der Waals surface area contributed by atoms with Gasteiger partial charge in [-0.3, -0.25) is 4.79 Å². The number of hydrogen-bond acceptors (Lipinski definition) is 4. The van der Waals surface area contributed by atoms with E-state index in [-0.39, 0.29) is 12.6 Å². The first-order valence-electron chi connectivity index (χ1n) is 5.90. The first-order chi connectivity index (χ1) is 8.91. The summed E-state index contributed by atoms with van der Waals surface area (Å²) in [5.41, 5.74) is 6.85. The Morgan fingerprint density at radius 1 is 1.32 bits per heavy atom. The van der Waals surface area contributed by atoms with Gasteiger partial charge in [-0.1, -0.05) is 30.3 Å². The van der Waals surface area contributed by atoms with E-state index >= 15 is 0 Å². The quantitative estimate of drug-likeness (QED) is 0.643. The molecule has 6 nitrogen and oxygen atoms in total. The maximum Gasteiger partial charge on any atom is 0.304 e. The van der Waals surface area contributed by atoms with E-state index in [0.717, 1.165) is 5.56 Å². The van der Waals surface area contributed by atoms with Crippen LogP contribution in [0.1, 0.15) is 24.4 Å². The summed E-state index contributed by atoms with van der Waals surface area (Å²) in [5, 5.41) is 8.43. The molecule has 4 N–H and O–H groups in total. The SMILES string of the molecule is NC(CCNS(=O)(=O)CCC(=O)O)c1ccccc1. The summed E-state index contributed by atoms with van der Waals surface area (Å²) in [7, 11) is -3.54. The molecule has 1 aromatic rings. The van der Waals surface area contributed by atoms with Crippen LogP contribution in [0.3, 0.4) is 0 Å². The van der Waals surface area contributed by atoms with Crippen molar-refractivity contribution in [1.82, 2.24) is 4.72 Å². The molecule has 1 aromatic carbocycles. The second kappa shape index (κ2) is 7.22. The number of nitrogens with two attached hydrogens (primary N) is 1. The highest BCUT2D eigenvalue weighted by atomic mass is 32.2. The van der Waals surface area contributed by atoms with Gasteiger partial charge in [0.2, 0.25) is 10.0 Å². The molecule has 7 heteroatoms. The van der Waals surface area contributed by atoms with Gasteiger partial charge in [0.25, 0.3) is 0 Å². The normalized spacial score (nSPS) is 13.1. The molecule has 0 heterocycles. The number of carboxylic acid groups (broad SMARTS) is 1. The molecule has 0 bridgehead atoms. The topological polar surface area (TPSA) is 109 Å². The number of carboxylic acids is 1. The predicted molar refractivity (Wildman–Crippen MR) is 72.0 cm³/mol. The third-order valence-electron chi connectivity index (χ3n) is 2.59. The maximum absolute atomic E-state index is 11.4. The molecule has 0 fully saturated rings. The lowest BCUT2D eigenvalue weighted by atomic mass is 10.1. The van der Waals surface area contributed by atoms with Gasteiger partial charge < -0.3 is 10.8 Å². The second-order valence-corrected chi connectivity index (χ2v) is 6.09. The number of sulfonamides is 1. The van der Waals surface area contributed by atoms with Crippen molar-refractivity contribution >= 4 is 16.0 Å². The van der Waals surface area contributed by atoms with Gasteiger partial charge in [-0.25, -0.2) is 13.1 Å². The fourth-order valence-corrected chi connectivity index (χ4v) is 2.55. The highest BCUT2D eigenvalue weighted by molar-refractivity contribution is 7.89. The lowest BCUT2D eigenvalue weighted by Gasteiger charge is -2.12. The number of hydrogen-bond donors (Lipinski definition) is 3. The molecule has 0 saturated heterocycles. The van der Waals surface area contributed by atoms with Gasteiger partial charge in [0, 0.05) is 12.6 Å². The van der Waals surface area contributed by atoms with Crippen LogP contribution in [0.2, 0.25) is 0 Å². The first-order valence-corrected chi connectivity index (χ1v) is 7.55. The van der Waals surface area contributed by atoms with Crippen LogP contribution in [0.5, 0.6) is 0 Å². The Kier molecular flexibility index (Phi) is 5.94. The van der Waals surface area contributed by atoms with E-state index in [9.17, 15) is 13.2 Å². The molecule has 0 aliphatic rings. The largest absolute Gasteiger partial charge is 0.481 e. The van der Waals surface area contributed by atoms with Gasteiger partial charge in [-0.15, -0.1) is 0 Å². The van der Waals surface area contributed by atoms with Crippen LogP contribution in [0.15, 0.2) is 30.3 Å². The molecule has 1 atom stereocenters. The molecule has 0 aliphatic carbocycles. The Labute approximate surface area is 112 Å². The minimum Gasteiger partial charge on any atom is -0.481 e.